The molecule has 0 aliphatic heterocycles. The maximum Gasteiger partial charge on any atom is 0.503 e. The van der Waals surface area contributed by atoms with Gasteiger partial charge in [0.25, 0.3) is 0 Å². The standard InChI is InChI=1S/C6H6O2.CH2O3/c7-5-3-1-2-4-6(5)8;2-1(3)4/h1-4,7-8H;(H2,2,3,4). The predicted molar refractivity (Wildman–Crippen MR) is 40.4 cm³/mol. The molecular formula is C7H8O5. The Morgan fingerprint density at radius 1 is 1.00 bits per heavy atom. The topological polar surface area (TPSA) is 98.0 Å². The predicted octanol–water partition coefficient (Wildman–Crippen LogP) is 1.32. The van der Waals surface area contributed by atoms with Crippen molar-refractivity contribution in [1.82, 2.24) is 0 Å². The molecule has 5 nitrogen and oxygen atoms in total. The van der Waals surface area contributed by atoms with Crippen LogP contribution in [0.4, 0.5) is 4.79 Å². The normalized spacial score (nSPS) is 8.00. The highest BCUT2D eigenvalue weighted by atomic mass is 16.6. The molecule has 12 heavy (non-hydrogen) atoms. The van der Waals surface area contributed by atoms with Gasteiger partial charge in [0.15, 0.2) is 11.5 Å². The van der Waals surface area contributed by atoms with Crippen LogP contribution in [-0.4, -0.2) is 26.6 Å². The number of phenolic OH excluding ortho intramolecular Hbond substituents is 2. The summed E-state index contributed by atoms with van der Waals surface area (Å²) in [4.78, 5) is 8.56. The van der Waals surface area contributed by atoms with Crippen molar-refractivity contribution in [3.05, 3.63) is 24.3 Å². The minimum absolute atomic E-state index is 0.0764. The number of carboxylic acid groups (broad SMARTS) is 2. The van der Waals surface area contributed by atoms with Crippen LogP contribution >= 0.6 is 0 Å². The largest absolute Gasteiger partial charge is 0.504 e. The average molecular weight is 172 g/mol. The molecule has 0 amide bonds. The molecule has 0 spiro atoms. The van der Waals surface area contributed by atoms with Crippen LogP contribution < -0.4 is 0 Å². The van der Waals surface area contributed by atoms with Crippen molar-refractivity contribution in [3.63, 3.8) is 0 Å². The highest BCUT2D eigenvalue weighted by Crippen LogP contribution is 2.21. The zero-order valence-corrected chi connectivity index (χ0v) is 6.01. The first-order chi connectivity index (χ1) is 5.54. The lowest BCUT2D eigenvalue weighted by atomic mass is 10.3. The Balaban J connectivity index is 0.000000261. The number of carbonyl (C=O) groups is 1. The van der Waals surface area contributed by atoms with Gasteiger partial charge in [0, 0.05) is 0 Å². The Morgan fingerprint density at radius 3 is 1.42 bits per heavy atom. The van der Waals surface area contributed by atoms with E-state index in [1.807, 2.05) is 0 Å². The van der Waals surface area contributed by atoms with Gasteiger partial charge in [-0.05, 0) is 12.1 Å². The van der Waals surface area contributed by atoms with Gasteiger partial charge in [-0.2, -0.15) is 0 Å². The second kappa shape index (κ2) is 4.84. The second-order valence-corrected chi connectivity index (χ2v) is 1.77. The van der Waals surface area contributed by atoms with Crippen molar-refractivity contribution < 1.29 is 25.2 Å². The highest BCUT2D eigenvalue weighted by molar-refractivity contribution is 5.53. The quantitative estimate of drug-likeness (QED) is 0.442. The number of aromatic hydroxyl groups is 2. The van der Waals surface area contributed by atoms with Crippen LogP contribution in [0.3, 0.4) is 0 Å². The fourth-order valence-corrected chi connectivity index (χ4v) is 0.464. The van der Waals surface area contributed by atoms with Crippen LogP contribution in [0.1, 0.15) is 0 Å². The molecule has 4 N–H and O–H groups in total. The SMILES string of the molecule is O=C(O)O.Oc1ccccc1O. The highest BCUT2D eigenvalue weighted by Gasteiger charge is 1.90. The Labute approximate surface area is 68.1 Å². The molecular weight excluding hydrogens is 164 g/mol. The summed E-state index contributed by atoms with van der Waals surface area (Å²) in [5.74, 6) is -0.153. The third-order valence-electron chi connectivity index (χ3n) is 0.882. The number of para-hydroxylation sites is 2. The van der Waals surface area contributed by atoms with Crippen LogP contribution in [0.15, 0.2) is 24.3 Å². The van der Waals surface area contributed by atoms with Gasteiger partial charge in [-0.15, -0.1) is 0 Å². The molecule has 0 atom stereocenters. The molecule has 0 unspecified atom stereocenters. The van der Waals surface area contributed by atoms with Crippen molar-refractivity contribution in [2.24, 2.45) is 0 Å². The van der Waals surface area contributed by atoms with E-state index < -0.39 is 6.16 Å². The number of benzene rings is 1. The monoisotopic (exact) mass is 172 g/mol. The van der Waals surface area contributed by atoms with Crippen molar-refractivity contribution in [3.8, 4) is 11.5 Å². The molecule has 0 saturated carbocycles. The maximum atomic E-state index is 8.67. The lowest BCUT2D eigenvalue weighted by Crippen LogP contribution is -1.81. The molecule has 5 heteroatoms. The summed E-state index contributed by atoms with van der Waals surface area (Å²) < 4.78 is 0. The summed E-state index contributed by atoms with van der Waals surface area (Å²) in [6.45, 7) is 0. The first kappa shape index (κ1) is 10.1. The minimum Gasteiger partial charge on any atom is -0.504 e. The van der Waals surface area contributed by atoms with E-state index in [9.17, 15) is 0 Å². The van der Waals surface area contributed by atoms with E-state index in [0.717, 1.165) is 0 Å². The number of phenols is 2. The average Bonchev–Trinajstić information content (AvgIpc) is 1.94. The molecule has 0 aliphatic rings. The van der Waals surface area contributed by atoms with E-state index in [4.69, 9.17) is 25.2 Å². The Kier molecular flexibility index (Phi) is 4.07. The summed E-state index contributed by atoms with van der Waals surface area (Å²) in [5.41, 5.74) is 0. The Bertz CT molecular complexity index is 233. The molecule has 0 saturated heterocycles. The van der Waals surface area contributed by atoms with Gasteiger partial charge in [-0.1, -0.05) is 12.1 Å². The van der Waals surface area contributed by atoms with E-state index in [0.29, 0.717) is 0 Å². The first-order valence-corrected chi connectivity index (χ1v) is 2.93. The first-order valence-electron chi connectivity index (χ1n) is 2.93. The van der Waals surface area contributed by atoms with Crippen molar-refractivity contribution in [1.29, 1.82) is 0 Å². The molecule has 0 aliphatic carbocycles. The number of rotatable bonds is 0. The van der Waals surface area contributed by atoms with Crippen LogP contribution in [0.5, 0.6) is 11.5 Å². The third-order valence-corrected chi connectivity index (χ3v) is 0.882. The molecule has 1 rings (SSSR count). The third kappa shape index (κ3) is 4.92. The summed E-state index contributed by atoms with van der Waals surface area (Å²) in [6, 6.07) is 6.15. The lowest BCUT2D eigenvalue weighted by Gasteiger charge is -1.91. The fourth-order valence-electron chi connectivity index (χ4n) is 0.464. The van der Waals surface area contributed by atoms with Gasteiger partial charge >= 0.3 is 6.16 Å². The van der Waals surface area contributed by atoms with Crippen LogP contribution in [0.25, 0.3) is 0 Å². The van der Waals surface area contributed by atoms with Crippen LogP contribution in [0, 0.1) is 0 Å². The number of hydrogen-bond donors (Lipinski definition) is 4. The van der Waals surface area contributed by atoms with Crippen LogP contribution in [-0.2, 0) is 0 Å². The smallest absolute Gasteiger partial charge is 0.503 e. The Hall–Kier alpha value is -1.91. The summed E-state index contributed by atoms with van der Waals surface area (Å²) in [5, 5.41) is 31.3. The lowest BCUT2D eigenvalue weighted by molar-refractivity contribution is 0.137. The zero-order chi connectivity index (χ0) is 9.56. The van der Waals surface area contributed by atoms with Gasteiger partial charge in [-0.3, -0.25) is 0 Å². The fraction of sp³-hybridized carbons (Fsp3) is 0. The molecule has 66 valence electrons. The van der Waals surface area contributed by atoms with Gasteiger partial charge in [0.05, 0.1) is 0 Å². The van der Waals surface area contributed by atoms with Gasteiger partial charge in [0.2, 0.25) is 0 Å². The van der Waals surface area contributed by atoms with Crippen molar-refractivity contribution >= 4 is 6.16 Å². The van der Waals surface area contributed by atoms with Crippen molar-refractivity contribution in [2.75, 3.05) is 0 Å². The number of hydrogen-bond acceptors (Lipinski definition) is 3. The molecule has 1 aromatic rings. The second-order valence-electron chi connectivity index (χ2n) is 1.77. The molecule has 0 fully saturated rings. The Morgan fingerprint density at radius 2 is 1.25 bits per heavy atom. The molecule has 0 heterocycles. The molecule has 1 aromatic carbocycles. The molecule has 0 bridgehead atoms. The van der Waals surface area contributed by atoms with E-state index in [1.54, 1.807) is 12.1 Å². The minimum atomic E-state index is -1.83. The van der Waals surface area contributed by atoms with E-state index in [-0.39, 0.29) is 11.5 Å². The summed E-state index contributed by atoms with van der Waals surface area (Å²) in [7, 11) is 0. The van der Waals surface area contributed by atoms with Crippen molar-refractivity contribution in [2.45, 2.75) is 0 Å². The zero-order valence-electron chi connectivity index (χ0n) is 6.01. The maximum absolute atomic E-state index is 8.67. The molecule has 0 aromatic heterocycles. The van der Waals surface area contributed by atoms with Gasteiger partial charge < -0.3 is 20.4 Å². The van der Waals surface area contributed by atoms with E-state index in [2.05, 4.69) is 0 Å². The van der Waals surface area contributed by atoms with E-state index in [1.165, 1.54) is 12.1 Å². The molecule has 0 radical (unpaired) electrons. The summed E-state index contributed by atoms with van der Waals surface area (Å²) >= 11 is 0. The van der Waals surface area contributed by atoms with Gasteiger partial charge in [0.1, 0.15) is 0 Å². The van der Waals surface area contributed by atoms with E-state index >= 15 is 0 Å². The van der Waals surface area contributed by atoms with Gasteiger partial charge in [-0.25, -0.2) is 4.79 Å². The summed E-state index contributed by atoms with van der Waals surface area (Å²) in [6.07, 6.45) is -1.83. The van der Waals surface area contributed by atoms with Crippen LogP contribution in [0.2, 0.25) is 0 Å².